The summed E-state index contributed by atoms with van der Waals surface area (Å²) in [6, 6.07) is 2.26. The van der Waals surface area contributed by atoms with Crippen LogP contribution in [0, 0.1) is 5.82 Å². The molecule has 2 aromatic heterocycles. The van der Waals surface area contributed by atoms with Gasteiger partial charge in [0.25, 0.3) is 5.19 Å². The average molecular weight is 439 g/mol. The van der Waals surface area contributed by atoms with E-state index in [0.29, 0.717) is 6.42 Å². The fraction of sp³-hybridized carbons (Fsp3) is 0.267. The second kappa shape index (κ2) is 7.91. The van der Waals surface area contributed by atoms with Crippen molar-refractivity contribution < 1.29 is 22.6 Å². The molecule has 0 aliphatic rings. The topological polar surface area (TPSA) is 62.1 Å². The average Bonchev–Trinajstić information content (AvgIpc) is 3.16. The largest absolute Gasteiger partial charge is 0.428 e. The molecule has 0 bridgehead atoms. The molecule has 27 heavy (non-hydrogen) atoms. The third kappa shape index (κ3) is 4.12. The van der Waals surface area contributed by atoms with E-state index in [-0.39, 0.29) is 32.2 Å². The summed E-state index contributed by atoms with van der Waals surface area (Å²) >= 11 is 13.3. The number of hydrogen-bond donors (Lipinski definition) is 0. The van der Waals surface area contributed by atoms with Crippen LogP contribution in [0.1, 0.15) is 11.9 Å². The van der Waals surface area contributed by atoms with Gasteiger partial charge in [-0.2, -0.15) is 13.9 Å². The highest BCUT2D eigenvalue weighted by molar-refractivity contribution is 7.13. The number of aromatic nitrogens is 4. The summed E-state index contributed by atoms with van der Waals surface area (Å²) in [4.78, 5) is 0. The third-order valence-electron chi connectivity index (χ3n) is 3.37. The first kappa shape index (κ1) is 19.7. The quantitative estimate of drug-likeness (QED) is 0.519. The molecule has 0 atom stereocenters. The van der Waals surface area contributed by atoms with Crippen LogP contribution in [0.4, 0.5) is 13.2 Å². The monoisotopic (exact) mass is 438 g/mol. The van der Waals surface area contributed by atoms with Crippen LogP contribution >= 0.6 is 34.5 Å². The van der Waals surface area contributed by atoms with Gasteiger partial charge in [0.15, 0.2) is 0 Å². The fourth-order valence-electron chi connectivity index (χ4n) is 2.17. The molecule has 2 heterocycles. The molecule has 12 heteroatoms. The lowest BCUT2D eigenvalue weighted by Crippen LogP contribution is -2.06. The molecule has 0 amide bonds. The number of benzene rings is 1. The van der Waals surface area contributed by atoms with Gasteiger partial charge in [0.1, 0.15) is 27.3 Å². The summed E-state index contributed by atoms with van der Waals surface area (Å²) in [5, 5.41) is 12.4. The second-order valence-electron chi connectivity index (χ2n) is 5.15. The number of halogens is 5. The molecule has 1 aromatic carbocycles. The van der Waals surface area contributed by atoms with Crippen LogP contribution in [0.25, 0.3) is 11.3 Å². The summed E-state index contributed by atoms with van der Waals surface area (Å²) in [5.41, 5.74) is -0.195. The molecule has 0 unspecified atom stereocenters. The Kier molecular flexibility index (Phi) is 5.78. The van der Waals surface area contributed by atoms with Gasteiger partial charge >= 0.3 is 6.61 Å². The van der Waals surface area contributed by atoms with Crippen LogP contribution < -0.4 is 9.47 Å². The van der Waals surface area contributed by atoms with E-state index < -0.39 is 18.3 Å². The molecule has 0 saturated heterocycles. The van der Waals surface area contributed by atoms with Crippen LogP contribution in [0.2, 0.25) is 10.0 Å². The van der Waals surface area contributed by atoms with Gasteiger partial charge in [-0.05, 0) is 18.6 Å². The van der Waals surface area contributed by atoms with Crippen LogP contribution in [0.5, 0.6) is 16.8 Å². The highest BCUT2D eigenvalue weighted by Crippen LogP contribution is 2.41. The molecule has 144 valence electrons. The Morgan fingerprint density at radius 3 is 2.63 bits per heavy atom. The highest BCUT2D eigenvalue weighted by atomic mass is 35.5. The first-order valence-corrected chi connectivity index (χ1v) is 9.04. The lowest BCUT2D eigenvalue weighted by Gasteiger charge is -2.08. The number of hydrogen-bond acceptors (Lipinski definition) is 6. The van der Waals surface area contributed by atoms with Crippen LogP contribution in [0.15, 0.2) is 12.1 Å². The Morgan fingerprint density at radius 1 is 1.26 bits per heavy atom. The molecule has 3 rings (SSSR count). The van der Waals surface area contributed by atoms with E-state index in [1.54, 1.807) is 0 Å². The van der Waals surface area contributed by atoms with E-state index in [4.69, 9.17) is 27.9 Å². The number of nitrogens with zero attached hydrogens (tertiary/aromatic N) is 4. The smallest absolute Gasteiger partial charge is 0.388 e. The van der Waals surface area contributed by atoms with E-state index in [1.807, 2.05) is 6.92 Å². The van der Waals surface area contributed by atoms with Gasteiger partial charge in [0.05, 0.1) is 5.02 Å². The number of ether oxygens (including phenoxy) is 2. The van der Waals surface area contributed by atoms with Gasteiger partial charge in [0.2, 0.25) is 5.88 Å². The summed E-state index contributed by atoms with van der Waals surface area (Å²) in [6.45, 7) is -1.19. The minimum Gasteiger partial charge on any atom is -0.428 e. The van der Waals surface area contributed by atoms with Crippen molar-refractivity contribution in [3.05, 3.63) is 33.0 Å². The van der Waals surface area contributed by atoms with Crippen molar-refractivity contribution in [1.82, 2.24) is 20.0 Å². The van der Waals surface area contributed by atoms with Gasteiger partial charge < -0.3 is 9.47 Å². The SMILES string of the molecule is CCc1nnc(Oc2cc(-c3nn(C)c(OC(F)F)c3Cl)c(F)cc2Cl)s1. The molecular formula is C15H11Cl2F3N4O2S. The van der Waals surface area contributed by atoms with E-state index in [9.17, 15) is 13.2 Å². The number of aryl methyl sites for hydroxylation is 2. The predicted octanol–water partition coefficient (Wildman–Crippen LogP) is 5.34. The zero-order valence-corrected chi connectivity index (χ0v) is 16.2. The van der Waals surface area contributed by atoms with E-state index >= 15 is 0 Å². The Morgan fingerprint density at radius 2 is 2.00 bits per heavy atom. The van der Waals surface area contributed by atoms with Crippen molar-refractivity contribution >= 4 is 34.5 Å². The van der Waals surface area contributed by atoms with Crippen LogP contribution in [-0.4, -0.2) is 26.6 Å². The maximum atomic E-state index is 14.4. The zero-order valence-electron chi connectivity index (χ0n) is 13.8. The van der Waals surface area contributed by atoms with Crippen molar-refractivity contribution in [2.75, 3.05) is 0 Å². The van der Waals surface area contributed by atoms with E-state index in [2.05, 4.69) is 20.0 Å². The molecule has 3 aromatic rings. The normalized spacial score (nSPS) is 11.3. The van der Waals surface area contributed by atoms with Crippen LogP contribution in [-0.2, 0) is 13.5 Å². The van der Waals surface area contributed by atoms with Crippen molar-refractivity contribution in [2.45, 2.75) is 20.0 Å². The van der Waals surface area contributed by atoms with Gasteiger partial charge in [0, 0.05) is 12.6 Å². The number of alkyl halides is 2. The number of rotatable bonds is 6. The second-order valence-corrected chi connectivity index (χ2v) is 6.96. The van der Waals surface area contributed by atoms with Crippen molar-refractivity contribution in [3.63, 3.8) is 0 Å². The lowest BCUT2D eigenvalue weighted by atomic mass is 10.1. The third-order valence-corrected chi connectivity index (χ3v) is 4.95. The highest BCUT2D eigenvalue weighted by Gasteiger charge is 2.24. The van der Waals surface area contributed by atoms with Gasteiger partial charge in [-0.15, -0.1) is 5.10 Å². The lowest BCUT2D eigenvalue weighted by molar-refractivity contribution is -0.0552. The summed E-state index contributed by atoms with van der Waals surface area (Å²) in [6.07, 6.45) is 0.680. The van der Waals surface area contributed by atoms with Gasteiger partial charge in [-0.25, -0.2) is 9.07 Å². The van der Waals surface area contributed by atoms with E-state index in [0.717, 1.165) is 15.8 Å². The molecule has 0 spiro atoms. The first-order chi connectivity index (χ1) is 12.8. The predicted molar refractivity (Wildman–Crippen MR) is 94.6 cm³/mol. The summed E-state index contributed by atoms with van der Waals surface area (Å²) < 4.78 is 50.3. The van der Waals surface area contributed by atoms with Crippen LogP contribution in [0.3, 0.4) is 0 Å². The van der Waals surface area contributed by atoms with Gasteiger partial charge in [-0.3, -0.25) is 0 Å². The van der Waals surface area contributed by atoms with Crippen molar-refractivity contribution in [3.8, 4) is 28.1 Å². The van der Waals surface area contributed by atoms with Crippen molar-refractivity contribution in [2.24, 2.45) is 7.05 Å². The molecular weight excluding hydrogens is 428 g/mol. The Hall–Kier alpha value is -2.04. The first-order valence-electron chi connectivity index (χ1n) is 7.47. The minimum atomic E-state index is -3.11. The molecule has 0 radical (unpaired) electrons. The summed E-state index contributed by atoms with van der Waals surface area (Å²) in [5.74, 6) is -1.07. The Bertz CT molecular complexity index is 980. The van der Waals surface area contributed by atoms with E-state index in [1.165, 1.54) is 24.5 Å². The van der Waals surface area contributed by atoms with Gasteiger partial charge in [-0.1, -0.05) is 46.6 Å². The minimum absolute atomic E-state index is 0.0133. The molecule has 0 N–H and O–H groups in total. The summed E-state index contributed by atoms with van der Waals surface area (Å²) in [7, 11) is 1.34. The molecule has 0 aliphatic carbocycles. The van der Waals surface area contributed by atoms with Crippen molar-refractivity contribution in [1.29, 1.82) is 0 Å². The fourth-order valence-corrected chi connectivity index (χ4v) is 3.31. The maximum Gasteiger partial charge on any atom is 0.388 e. The molecule has 0 saturated carbocycles. The standard InChI is InChI=1S/C15H11Cl2F3N4O2S/c1-3-10-21-22-15(27-10)25-9-4-6(8(18)5-7(9)16)12-11(17)13(24(2)23-12)26-14(19)20/h4-5,14H,3H2,1-2H3. The maximum absolute atomic E-state index is 14.4. The molecule has 0 fully saturated rings. The molecule has 6 nitrogen and oxygen atoms in total. The Labute approximate surface area is 165 Å². The molecule has 0 aliphatic heterocycles. The Balaban J connectivity index is 2.01. The zero-order chi connectivity index (χ0) is 19.7.